The molecule has 3 rings (SSSR count). The number of aromatic nitrogens is 2. The molecule has 0 saturated heterocycles. The maximum Gasteiger partial charge on any atom is 0.260 e. The summed E-state index contributed by atoms with van der Waals surface area (Å²) in [5.74, 6) is 0.403. The van der Waals surface area contributed by atoms with Gasteiger partial charge in [-0.1, -0.05) is 41.1 Å². The summed E-state index contributed by atoms with van der Waals surface area (Å²) < 4.78 is 19.7. The van der Waals surface area contributed by atoms with Gasteiger partial charge in [-0.05, 0) is 44.2 Å². The van der Waals surface area contributed by atoms with E-state index in [4.69, 9.17) is 4.52 Å². The van der Waals surface area contributed by atoms with Crippen LogP contribution >= 0.6 is 12.4 Å². The van der Waals surface area contributed by atoms with Gasteiger partial charge in [0.2, 0.25) is 0 Å². The summed E-state index contributed by atoms with van der Waals surface area (Å²) in [7, 11) is 1.87. The number of benzene rings is 2. The molecule has 132 valence electrons. The summed E-state index contributed by atoms with van der Waals surface area (Å²) >= 11 is 0. The minimum Gasteiger partial charge on any atom is -0.334 e. The molecule has 4 nitrogen and oxygen atoms in total. The second kappa shape index (κ2) is 8.23. The van der Waals surface area contributed by atoms with Crippen LogP contribution < -0.4 is 5.32 Å². The normalized spacial score (nSPS) is 11.8. The van der Waals surface area contributed by atoms with E-state index in [1.165, 1.54) is 11.6 Å². The van der Waals surface area contributed by atoms with Gasteiger partial charge in [0.1, 0.15) is 5.82 Å². The van der Waals surface area contributed by atoms with E-state index in [-0.39, 0.29) is 30.2 Å². The first kappa shape index (κ1) is 19.1. The Hall–Kier alpha value is -2.24. The lowest BCUT2D eigenvalue weighted by atomic mass is 10.0. The Labute approximate surface area is 152 Å². The molecule has 0 saturated carbocycles. The molecule has 1 N–H and O–H groups in total. The van der Waals surface area contributed by atoms with Crippen LogP contribution in [0.3, 0.4) is 0 Å². The van der Waals surface area contributed by atoms with Gasteiger partial charge in [-0.15, -0.1) is 12.4 Å². The van der Waals surface area contributed by atoms with Crippen LogP contribution in [0.15, 0.2) is 47.0 Å². The number of hydrogen-bond donors (Lipinski definition) is 1. The highest BCUT2D eigenvalue weighted by Crippen LogP contribution is 2.27. The SMILES string of the molecule is CNC(C)Cc1noc(-c2ccc(-c3ccc(C)cc3)cc2F)n1.Cl. The number of rotatable bonds is 5. The zero-order chi connectivity index (χ0) is 17.1. The van der Waals surface area contributed by atoms with Gasteiger partial charge in [-0.25, -0.2) is 4.39 Å². The third-order valence-corrected chi connectivity index (χ3v) is 4.03. The van der Waals surface area contributed by atoms with Crippen molar-refractivity contribution in [2.45, 2.75) is 26.3 Å². The number of likely N-dealkylation sites (N-methyl/N-ethyl adjacent to an activating group) is 1. The average Bonchev–Trinajstić information content (AvgIpc) is 3.03. The molecule has 0 aliphatic carbocycles. The summed E-state index contributed by atoms with van der Waals surface area (Å²) in [4.78, 5) is 4.29. The molecule has 1 atom stereocenters. The fourth-order valence-corrected chi connectivity index (χ4v) is 2.44. The predicted octanol–water partition coefficient (Wildman–Crippen LogP) is 4.42. The standard InChI is InChI=1S/C19H20FN3O.ClH/c1-12-4-6-14(7-5-12)15-8-9-16(17(20)11-15)19-22-18(23-24-19)10-13(2)21-3;/h4-9,11,13,21H,10H2,1-3H3;1H. The predicted molar refractivity (Wildman–Crippen MR) is 99.3 cm³/mol. The summed E-state index contributed by atoms with van der Waals surface area (Å²) in [5, 5.41) is 7.03. The van der Waals surface area contributed by atoms with Gasteiger partial charge in [-0.3, -0.25) is 0 Å². The molecule has 1 aromatic heterocycles. The van der Waals surface area contributed by atoms with Gasteiger partial charge in [0, 0.05) is 12.5 Å². The first-order valence-electron chi connectivity index (χ1n) is 7.93. The molecular formula is C19H21ClFN3O. The first-order chi connectivity index (χ1) is 11.6. The molecule has 6 heteroatoms. The summed E-state index contributed by atoms with van der Waals surface area (Å²) in [5.41, 5.74) is 3.28. The molecule has 1 unspecified atom stereocenters. The Bertz CT molecular complexity index is 833. The largest absolute Gasteiger partial charge is 0.334 e. The number of nitrogens with one attached hydrogen (secondary N) is 1. The van der Waals surface area contributed by atoms with Crippen LogP contribution in [0.4, 0.5) is 4.39 Å². The Balaban J connectivity index is 0.00000225. The van der Waals surface area contributed by atoms with Crippen molar-refractivity contribution >= 4 is 12.4 Å². The third-order valence-electron chi connectivity index (χ3n) is 4.03. The molecule has 1 heterocycles. The smallest absolute Gasteiger partial charge is 0.260 e. The Kier molecular flexibility index (Phi) is 6.28. The lowest BCUT2D eigenvalue weighted by Crippen LogP contribution is -2.24. The molecule has 3 aromatic rings. The van der Waals surface area contributed by atoms with Gasteiger partial charge in [0.05, 0.1) is 5.56 Å². The van der Waals surface area contributed by atoms with Crippen LogP contribution in [0.5, 0.6) is 0 Å². The van der Waals surface area contributed by atoms with Gasteiger partial charge in [-0.2, -0.15) is 4.98 Å². The second-order valence-corrected chi connectivity index (χ2v) is 5.97. The molecular weight excluding hydrogens is 341 g/mol. The molecule has 0 aliphatic heterocycles. The van der Waals surface area contributed by atoms with Crippen molar-refractivity contribution in [3.63, 3.8) is 0 Å². The molecule has 0 aliphatic rings. The summed E-state index contributed by atoms with van der Waals surface area (Å²) in [6, 6.07) is 13.3. The maximum absolute atomic E-state index is 14.5. The highest BCUT2D eigenvalue weighted by Gasteiger charge is 2.15. The van der Waals surface area contributed by atoms with E-state index in [1.807, 2.05) is 51.2 Å². The number of halogens is 2. The zero-order valence-electron chi connectivity index (χ0n) is 14.4. The van der Waals surface area contributed by atoms with E-state index < -0.39 is 0 Å². The Morgan fingerprint density at radius 1 is 1.12 bits per heavy atom. The van der Waals surface area contributed by atoms with E-state index in [0.29, 0.717) is 17.8 Å². The summed E-state index contributed by atoms with van der Waals surface area (Å²) in [6.45, 7) is 4.04. The number of aryl methyl sites for hydroxylation is 1. The fraction of sp³-hybridized carbons (Fsp3) is 0.263. The van der Waals surface area contributed by atoms with Crippen LogP contribution in [0, 0.1) is 12.7 Å². The molecule has 0 spiro atoms. The van der Waals surface area contributed by atoms with Crippen molar-refractivity contribution in [2.24, 2.45) is 0 Å². The molecule has 25 heavy (non-hydrogen) atoms. The lowest BCUT2D eigenvalue weighted by Gasteiger charge is -2.05. The van der Waals surface area contributed by atoms with E-state index in [0.717, 1.165) is 11.1 Å². The zero-order valence-corrected chi connectivity index (χ0v) is 15.2. The van der Waals surface area contributed by atoms with Crippen LogP contribution in [-0.4, -0.2) is 23.2 Å². The van der Waals surface area contributed by atoms with E-state index in [9.17, 15) is 4.39 Å². The van der Waals surface area contributed by atoms with Crippen molar-refractivity contribution in [3.05, 3.63) is 59.7 Å². The average molecular weight is 362 g/mol. The molecule has 0 radical (unpaired) electrons. The van der Waals surface area contributed by atoms with Crippen molar-refractivity contribution in [1.82, 2.24) is 15.5 Å². The van der Waals surface area contributed by atoms with Crippen LogP contribution in [0.2, 0.25) is 0 Å². The number of hydrogen-bond acceptors (Lipinski definition) is 4. The van der Waals surface area contributed by atoms with Gasteiger partial charge >= 0.3 is 0 Å². The fourth-order valence-electron chi connectivity index (χ4n) is 2.44. The third kappa shape index (κ3) is 4.44. The monoisotopic (exact) mass is 361 g/mol. The highest BCUT2D eigenvalue weighted by molar-refractivity contribution is 5.85. The minimum atomic E-state index is -0.370. The molecule has 0 amide bonds. The Morgan fingerprint density at radius 2 is 1.80 bits per heavy atom. The van der Waals surface area contributed by atoms with Crippen LogP contribution in [-0.2, 0) is 6.42 Å². The van der Waals surface area contributed by atoms with Crippen LogP contribution in [0.1, 0.15) is 18.3 Å². The topological polar surface area (TPSA) is 51.0 Å². The van der Waals surface area contributed by atoms with Gasteiger partial charge in [0.15, 0.2) is 5.82 Å². The van der Waals surface area contributed by atoms with Crippen molar-refractivity contribution < 1.29 is 8.91 Å². The minimum absolute atomic E-state index is 0. The van der Waals surface area contributed by atoms with Crippen LogP contribution in [0.25, 0.3) is 22.6 Å². The van der Waals surface area contributed by atoms with E-state index in [2.05, 4.69) is 15.5 Å². The van der Waals surface area contributed by atoms with E-state index >= 15 is 0 Å². The van der Waals surface area contributed by atoms with Gasteiger partial charge < -0.3 is 9.84 Å². The molecule has 0 bridgehead atoms. The Morgan fingerprint density at radius 3 is 2.44 bits per heavy atom. The van der Waals surface area contributed by atoms with Crippen molar-refractivity contribution in [1.29, 1.82) is 0 Å². The van der Waals surface area contributed by atoms with Gasteiger partial charge in [0.25, 0.3) is 5.89 Å². The second-order valence-electron chi connectivity index (χ2n) is 5.97. The van der Waals surface area contributed by atoms with E-state index in [1.54, 1.807) is 6.07 Å². The van der Waals surface area contributed by atoms with Crippen molar-refractivity contribution in [2.75, 3.05) is 7.05 Å². The van der Waals surface area contributed by atoms with Crippen molar-refractivity contribution in [3.8, 4) is 22.6 Å². The maximum atomic E-state index is 14.5. The molecule has 0 fully saturated rings. The summed E-state index contributed by atoms with van der Waals surface area (Å²) in [6.07, 6.45) is 0.628. The highest BCUT2D eigenvalue weighted by atomic mass is 35.5. The first-order valence-corrected chi connectivity index (χ1v) is 7.93. The molecule has 2 aromatic carbocycles. The lowest BCUT2D eigenvalue weighted by molar-refractivity contribution is 0.416. The quantitative estimate of drug-likeness (QED) is 0.730. The number of nitrogens with zero attached hydrogens (tertiary/aromatic N) is 2.